The normalized spacial score (nSPS) is 14.4. The summed E-state index contributed by atoms with van der Waals surface area (Å²) in [5.74, 6) is -15.0. The van der Waals surface area contributed by atoms with Gasteiger partial charge in [0.1, 0.15) is 26.4 Å². The summed E-state index contributed by atoms with van der Waals surface area (Å²) < 4.78 is 40.1. The minimum Gasteiger partial charge on any atom is -0.546 e. The summed E-state index contributed by atoms with van der Waals surface area (Å²) in [5, 5.41) is 44.6. The fourth-order valence-electron chi connectivity index (χ4n) is 5.39. The number of Topliss-reactive ketones (excluding diaryl/α,β-unsaturated/α-hetero) is 8. The predicted molar refractivity (Wildman–Crippen MR) is 243 cm³/mol. The van der Waals surface area contributed by atoms with E-state index in [4.69, 9.17) is 37.9 Å². The number of carbonyl (C=O) groups excluding carboxylic acids is 12. The zero-order chi connectivity index (χ0) is 58.0. The van der Waals surface area contributed by atoms with Gasteiger partial charge in [-0.25, -0.2) is 0 Å². The van der Waals surface area contributed by atoms with E-state index in [9.17, 15) is 78.0 Å². The van der Waals surface area contributed by atoms with Crippen LogP contribution in [0.3, 0.4) is 0 Å². The van der Waals surface area contributed by atoms with Gasteiger partial charge in [0.15, 0.2) is 23.1 Å². The zero-order valence-electron chi connectivity index (χ0n) is 45.7. The Bertz CT molecular complexity index is 1540. The quantitative estimate of drug-likeness (QED) is 0.0516. The number of aliphatic carboxylic acids is 4. The number of ether oxygens (including phenoxy) is 8. The summed E-state index contributed by atoms with van der Waals surface area (Å²) >= 11 is 0. The molecule has 0 N–H and O–H groups in total. The van der Waals surface area contributed by atoms with Gasteiger partial charge in [-0.2, -0.15) is 0 Å². The van der Waals surface area contributed by atoms with Crippen LogP contribution in [0.2, 0.25) is 0 Å². The number of carbonyl (C=O) groups is 12. The molecule has 0 aromatic carbocycles. The van der Waals surface area contributed by atoms with E-state index in [1.54, 1.807) is 55.4 Å². The summed E-state index contributed by atoms with van der Waals surface area (Å²) in [4.78, 5) is 138. The van der Waals surface area contributed by atoms with Gasteiger partial charge in [-0.15, -0.1) is 0 Å². The molecule has 0 aliphatic carbocycles. The van der Waals surface area contributed by atoms with Crippen LogP contribution in [0, 0.1) is 0 Å². The molecule has 24 nitrogen and oxygen atoms in total. The standard InChI is InChI=1S/4C12H20O6.Ti/c4*1-7(2)17-6-10(14)12(9(5)13,11(15)16)18-8(3)4;/h4*7-8H,6H2,1-5H3,(H,15,16);/q;;;;+4/p-4. The molecular formula is C48H76O24Ti. The van der Waals surface area contributed by atoms with Gasteiger partial charge in [-0.05, 0) is 138 Å². The van der Waals surface area contributed by atoms with E-state index in [1.807, 2.05) is 0 Å². The first-order valence-electron chi connectivity index (χ1n) is 22.8. The van der Waals surface area contributed by atoms with E-state index < -0.39 is 143 Å². The van der Waals surface area contributed by atoms with Crippen LogP contribution in [-0.2, 0) is 117 Å². The van der Waals surface area contributed by atoms with E-state index >= 15 is 0 Å². The van der Waals surface area contributed by atoms with Crippen molar-refractivity contribution in [1.29, 1.82) is 0 Å². The summed E-state index contributed by atoms with van der Waals surface area (Å²) in [6.07, 6.45) is -3.52. The van der Waals surface area contributed by atoms with Gasteiger partial charge in [0.25, 0.3) is 0 Å². The molecule has 4 unspecified atom stereocenters. The summed E-state index contributed by atoms with van der Waals surface area (Å²) in [6.45, 7) is 27.5. The van der Waals surface area contributed by atoms with Gasteiger partial charge in [0, 0.05) is 0 Å². The Morgan fingerprint density at radius 2 is 0.411 bits per heavy atom. The third-order valence-corrected chi connectivity index (χ3v) is 8.54. The predicted octanol–water partition coefficient (Wildman–Crippen LogP) is -2.07. The fourth-order valence-corrected chi connectivity index (χ4v) is 5.39. The first kappa shape index (κ1) is 77.5. The molecule has 416 valence electrons. The second-order valence-corrected chi connectivity index (χ2v) is 17.9. The van der Waals surface area contributed by atoms with Crippen LogP contribution in [-0.4, -0.2) is 168 Å². The molecule has 0 radical (unpaired) electrons. The maximum Gasteiger partial charge on any atom is 4.00 e. The molecule has 0 rings (SSSR count). The number of ketones is 8. The number of rotatable bonds is 32. The fraction of sp³-hybridized carbons (Fsp3) is 0.750. The van der Waals surface area contributed by atoms with Crippen LogP contribution < -0.4 is 20.4 Å². The maximum atomic E-state index is 11.9. The Balaban J connectivity index is -0.000000280. The molecule has 0 saturated heterocycles. The van der Waals surface area contributed by atoms with E-state index in [1.165, 1.54) is 55.4 Å². The largest absolute Gasteiger partial charge is 4.00 e. The third kappa shape index (κ3) is 25.1. The number of hydrogen-bond acceptors (Lipinski definition) is 24. The minimum absolute atomic E-state index is 0. The smallest absolute Gasteiger partial charge is 0.546 e. The van der Waals surface area contributed by atoms with Crippen LogP contribution in [0.25, 0.3) is 0 Å². The average Bonchev–Trinajstić information content (AvgIpc) is 3.21. The van der Waals surface area contributed by atoms with E-state index in [-0.39, 0.29) is 46.1 Å². The summed E-state index contributed by atoms with van der Waals surface area (Å²) in [5.41, 5.74) is -10.3. The molecule has 0 aromatic rings. The molecule has 0 aliphatic rings. The van der Waals surface area contributed by atoms with E-state index in [0.29, 0.717) is 0 Å². The molecule has 0 heterocycles. The average molecular weight is 1080 g/mol. The monoisotopic (exact) mass is 1080 g/mol. The topological polar surface area (TPSA) is 371 Å². The van der Waals surface area contributed by atoms with Gasteiger partial charge in [-0.1, -0.05) is 0 Å². The van der Waals surface area contributed by atoms with Gasteiger partial charge < -0.3 is 77.5 Å². The number of carboxylic acids is 4. The Morgan fingerprint density at radius 1 is 0.288 bits per heavy atom. The van der Waals surface area contributed by atoms with Crippen molar-refractivity contribution in [2.24, 2.45) is 0 Å². The molecule has 0 amide bonds. The third-order valence-electron chi connectivity index (χ3n) is 8.54. The summed E-state index contributed by atoms with van der Waals surface area (Å²) in [6, 6.07) is 0. The Labute approximate surface area is 442 Å². The first-order chi connectivity index (χ1) is 32.6. The van der Waals surface area contributed by atoms with Gasteiger partial charge >= 0.3 is 21.7 Å². The number of carboxylic acid groups (broad SMARTS) is 4. The van der Waals surface area contributed by atoms with Crippen molar-refractivity contribution >= 4 is 70.1 Å². The molecule has 0 aromatic heterocycles. The Morgan fingerprint density at radius 3 is 0.479 bits per heavy atom. The molecule has 4 atom stereocenters. The van der Waals surface area contributed by atoms with Gasteiger partial charge in [-0.3, -0.25) is 38.4 Å². The first-order valence-corrected chi connectivity index (χ1v) is 22.8. The zero-order valence-corrected chi connectivity index (χ0v) is 47.3. The maximum absolute atomic E-state index is 11.9. The molecule has 0 saturated carbocycles. The summed E-state index contributed by atoms with van der Waals surface area (Å²) in [7, 11) is 0. The Kier molecular flexibility index (Phi) is 38.0. The molecule has 25 heteroatoms. The van der Waals surface area contributed by atoms with Crippen molar-refractivity contribution in [3.8, 4) is 0 Å². The SMILES string of the molecule is CC(=O)C(OC(C)C)(C(=O)[O-])C(=O)COC(C)C.CC(=O)C(OC(C)C)(C(=O)[O-])C(=O)COC(C)C.CC(=O)C(OC(C)C)(C(=O)[O-])C(=O)COC(C)C.CC(=O)C(OC(C)C)(C(=O)[O-])C(=O)COC(C)C.[Ti+4]. The van der Waals surface area contributed by atoms with Crippen LogP contribution in [0.5, 0.6) is 0 Å². The molecule has 0 bridgehead atoms. The molecule has 0 spiro atoms. The van der Waals surface area contributed by atoms with Gasteiger partial charge in [0.2, 0.25) is 45.5 Å². The molecule has 0 aliphatic heterocycles. The second kappa shape index (κ2) is 35.8. The van der Waals surface area contributed by atoms with Crippen molar-refractivity contribution in [2.45, 2.75) is 210 Å². The van der Waals surface area contributed by atoms with Crippen LogP contribution in [0.1, 0.15) is 138 Å². The van der Waals surface area contributed by atoms with Gasteiger partial charge in [0.05, 0.1) is 72.7 Å². The second-order valence-electron chi connectivity index (χ2n) is 17.9. The van der Waals surface area contributed by atoms with Crippen molar-refractivity contribution in [1.82, 2.24) is 0 Å². The molecular weight excluding hydrogens is 1010 g/mol. The van der Waals surface area contributed by atoms with Crippen LogP contribution >= 0.6 is 0 Å². The Hall–Kier alpha value is -4.37. The van der Waals surface area contributed by atoms with Crippen LogP contribution in [0.15, 0.2) is 0 Å². The van der Waals surface area contributed by atoms with E-state index in [2.05, 4.69) is 0 Å². The molecule has 73 heavy (non-hydrogen) atoms. The number of hydrogen-bond donors (Lipinski definition) is 0. The van der Waals surface area contributed by atoms with Crippen molar-refractivity contribution < 1.29 is 138 Å². The van der Waals surface area contributed by atoms with Crippen molar-refractivity contribution in [3.05, 3.63) is 0 Å². The van der Waals surface area contributed by atoms with Crippen LogP contribution in [0.4, 0.5) is 0 Å². The van der Waals surface area contributed by atoms with Crippen molar-refractivity contribution in [2.75, 3.05) is 26.4 Å². The van der Waals surface area contributed by atoms with Crippen molar-refractivity contribution in [3.63, 3.8) is 0 Å². The molecule has 0 fully saturated rings. The van der Waals surface area contributed by atoms with E-state index in [0.717, 1.165) is 27.7 Å². The minimum atomic E-state index is -2.58.